The molecular formula is C17H21NO5. The molecule has 0 fully saturated rings. The molecule has 23 heavy (non-hydrogen) atoms. The quantitative estimate of drug-likeness (QED) is 0.710. The van der Waals surface area contributed by atoms with Crippen molar-refractivity contribution >= 4 is 5.91 Å². The van der Waals surface area contributed by atoms with Crippen molar-refractivity contribution in [3.63, 3.8) is 0 Å². The fraction of sp³-hybridized carbons (Fsp3) is 0.353. The van der Waals surface area contributed by atoms with E-state index in [1.54, 1.807) is 43.8 Å². The number of amides is 1. The molecule has 0 radical (unpaired) electrons. The Balaban J connectivity index is 1.96. The summed E-state index contributed by atoms with van der Waals surface area (Å²) in [5.74, 6) is 1.01. The molecule has 2 aromatic rings. The lowest BCUT2D eigenvalue weighted by Crippen LogP contribution is -2.36. The molecular weight excluding hydrogens is 298 g/mol. The molecule has 0 atom stereocenters. The molecule has 1 aromatic heterocycles. The third-order valence-electron chi connectivity index (χ3n) is 3.29. The second-order valence-corrected chi connectivity index (χ2v) is 4.88. The van der Waals surface area contributed by atoms with Gasteiger partial charge in [-0.3, -0.25) is 4.79 Å². The Morgan fingerprint density at radius 3 is 2.61 bits per heavy atom. The number of para-hydroxylation sites is 2. The van der Waals surface area contributed by atoms with Gasteiger partial charge in [-0.1, -0.05) is 12.1 Å². The molecule has 0 aliphatic heterocycles. The molecule has 124 valence electrons. The van der Waals surface area contributed by atoms with Crippen molar-refractivity contribution in [2.45, 2.75) is 6.54 Å². The zero-order chi connectivity index (χ0) is 16.5. The number of methoxy groups -OCH3 is 2. The summed E-state index contributed by atoms with van der Waals surface area (Å²) in [5, 5.41) is 0. The van der Waals surface area contributed by atoms with Crippen LogP contribution in [-0.4, -0.2) is 44.8 Å². The molecule has 2 rings (SSSR count). The summed E-state index contributed by atoms with van der Waals surface area (Å²) in [7, 11) is 3.17. The van der Waals surface area contributed by atoms with Crippen LogP contribution in [0, 0.1) is 0 Å². The fourth-order valence-electron chi connectivity index (χ4n) is 2.07. The molecule has 0 N–H and O–H groups in total. The Kier molecular flexibility index (Phi) is 6.50. The number of furan rings is 1. The first-order valence-electron chi connectivity index (χ1n) is 7.28. The summed E-state index contributed by atoms with van der Waals surface area (Å²) in [6.07, 6.45) is 3.20. The molecule has 6 heteroatoms. The van der Waals surface area contributed by atoms with Crippen molar-refractivity contribution in [1.29, 1.82) is 0 Å². The highest BCUT2D eigenvalue weighted by Crippen LogP contribution is 2.25. The third kappa shape index (κ3) is 5.03. The van der Waals surface area contributed by atoms with Crippen molar-refractivity contribution in [3.05, 3.63) is 48.4 Å². The third-order valence-corrected chi connectivity index (χ3v) is 3.29. The maximum atomic E-state index is 12.4. The fourth-order valence-corrected chi connectivity index (χ4v) is 2.07. The molecule has 0 bridgehead atoms. The summed E-state index contributed by atoms with van der Waals surface area (Å²) in [6.45, 7) is 1.32. The standard InChI is InChI=1S/C17H21NO5/c1-20-10-8-18(11-14-7-9-22-12-14)17(19)13-23-16-6-4-3-5-15(16)21-2/h3-7,9,12H,8,10-11,13H2,1-2H3. The number of carbonyl (C=O) groups is 1. The van der Waals surface area contributed by atoms with E-state index in [0.29, 0.717) is 31.2 Å². The topological polar surface area (TPSA) is 61.1 Å². The van der Waals surface area contributed by atoms with Gasteiger partial charge in [0.25, 0.3) is 5.91 Å². The van der Waals surface area contributed by atoms with Gasteiger partial charge in [0, 0.05) is 25.8 Å². The van der Waals surface area contributed by atoms with Gasteiger partial charge in [-0.05, 0) is 18.2 Å². The molecule has 1 amide bonds. The molecule has 0 aliphatic rings. The predicted molar refractivity (Wildman–Crippen MR) is 84.5 cm³/mol. The molecule has 0 saturated heterocycles. The number of ether oxygens (including phenoxy) is 3. The molecule has 6 nitrogen and oxygen atoms in total. The average molecular weight is 319 g/mol. The van der Waals surface area contributed by atoms with Gasteiger partial charge < -0.3 is 23.5 Å². The van der Waals surface area contributed by atoms with Gasteiger partial charge in [0.1, 0.15) is 0 Å². The van der Waals surface area contributed by atoms with Crippen molar-refractivity contribution in [1.82, 2.24) is 4.90 Å². The molecule has 1 heterocycles. The normalized spacial score (nSPS) is 10.3. The van der Waals surface area contributed by atoms with Crippen LogP contribution in [0.2, 0.25) is 0 Å². The molecule has 1 aromatic carbocycles. The lowest BCUT2D eigenvalue weighted by Gasteiger charge is -2.22. The van der Waals surface area contributed by atoms with Crippen LogP contribution in [0.1, 0.15) is 5.56 Å². The Morgan fingerprint density at radius 2 is 1.96 bits per heavy atom. The first-order chi connectivity index (χ1) is 11.2. The number of nitrogens with zero attached hydrogens (tertiary/aromatic N) is 1. The molecule has 0 unspecified atom stereocenters. The number of hydrogen-bond acceptors (Lipinski definition) is 5. The van der Waals surface area contributed by atoms with E-state index in [4.69, 9.17) is 18.6 Å². The highest BCUT2D eigenvalue weighted by Gasteiger charge is 2.16. The first kappa shape index (κ1) is 16.9. The van der Waals surface area contributed by atoms with Gasteiger partial charge >= 0.3 is 0 Å². The average Bonchev–Trinajstić information content (AvgIpc) is 3.09. The molecule has 0 aliphatic carbocycles. The number of benzene rings is 1. The minimum atomic E-state index is -0.130. The lowest BCUT2D eigenvalue weighted by molar-refractivity contribution is -0.134. The van der Waals surface area contributed by atoms with Crippen molar-refractivity contribution in [2.75, 3.05) is 34.0 Å². The second-order valence-electron chi connectivity index (χ2n) is 4.88. The van der Waals surface area contributed by atoms with E-state index in [1.165, 1.54) is 0 Å². The van der Waals surface area contributed by atoms with Crippen LogP contribution >= 0.6 is 0 Å². The van der Waals surface area contributed by atoms with E-state index in [1.807, 2.05) is 18.2 Å². The largest absolute Gasteiger partial charge is 0.493 e. The second kappa shape index (κ2) is 8.85. The molecule has 0 saturated carbocycles. The highest BCUT2D eigenvalue weighted by atomic mass is 16.5. The summed E-state index contributed by atoms with van der Waals surface area (Å²) in [6, 6.07) is 9.05. The van der Waals surface area contributed by atoms with E-state index < -0.39 is 0 Å². The minimum absolute atomic E-state index is 0.0675. The van der Waals surface area contributed by atoms with Crippen LogP contribution < -0.4 is 9.47 Å². The van der Waals surface area contributed by atoms with Gasteiger partial charge in [0.2, 0.25) is 0 Å². The lowest BCUT2D eigenvalue weighted by atomic mass is 10.3. The zero-order valence-corrected chi connectivity index (χ0v) is 13.4. The summed E-state index contributed by atoms with van der Waals surface area (Å²) >= 11 is 0. The number of carbonyl (C=O) groups excluding carboxylic acids is 1. The number of rotatable bonds is 9. The predicted octanol–water partition coefficient (Wildman–Crippen LogP) is 2.34. The van der Waals surface area contributed by atoms with E-state index >= 15 is 0 Å². The Hall–Kier alpha value is -2.47. The van der Waals surface area contributed by atoms with Crippen LogP contribution in [0.25, 0.3) is 0 Å². The van der Waals surface area contributed by atoms with Gasteiger partial charge in [-0.2, -0.15) is 0 Å². The molecule has 0 spiro atoms. The monoisotopic (exact) mass is 319 g/mol. The maximum absolute atomic E-state index is 12.4. The van der Waals surface area contributed by atoms with Gasteiger partial charge in [-0.25, -0.2) is 0 Å². The van der Waals surface area contributed by atoms with Crippen LogP contribution in [0.5, 0.6) is 11.5 Å². The van der Waals surface area contributed by atoms with Crippen LogP contribution in [0.4, 0.5) is 0 Å². The summed E-state index contributed by atoms with van der Waals surface area (Å²) < 4.78 is 20.9. The van der Waals surface area contributed by atoms with Gasteiger partial charge in [-0.15, -0.1) is 0 Å². The minimum Gasteiger partial charge on any atom is -0.493 e. The van der Waals surface area contributed by atoms with Gasteiger partial charge in [0.05, 0.1) is 26.2 Å². The number of hydrogen-bond donors (Lipinski definition) is 0. The smallest absolute Gasteiger partial charge is 0.260 e. The Labute approximate surface area is 135 Å². The van der Waals surface area contributed by atoms with Gasteiger partial charge in [0.15, 0.2) is 18.1 Å². The van der Waals surface area contributed by atoms with Crippen molar-refractivity contribution in [2.24, 2.45) is 0 Å². The Morgan fingerprint density at radius 1 is 1.17 bits per heavy atom. The van der Waals surface area contributed by atoms with Crippen LogP contribution in [-0.2, 0) is 16.1 Å². The van der Waals surface area contributed by atoms with E-state index in [-0.39, 0.29) is 12.5 Å². The zero-order valence-electron chi connectivity index (χ0n) is 13.4. The Bertz CT molecular complexity index is 597. The van der Waals surface area contributed by atoms with Crippen molar-refractivity contribution in [3.8, 4) is 11.5 Å². The van der Waals surface area contributed by atoms with Crippen LogP contribution in [0.3, 0.4) is 0 Å². The maximum Gasteiger partial charge on any atom is 0.260 e. The van der Waals surface area contributed by atoms with Crippen LogP contribution in [0.15, 0.2) is 47.3 Å². The van der Waals surface area contributed by atoms with E-state index in [2.05, 4.69) is 0 Å². The first-order valence-corrected chi connectivity index (χ1v) is 7.28. The van der Waals surface area contributed by atoms with Crippen molar-refractivity contribution < 1.29 is 23.4 Å². The van der Waals surface area contributed by atoms with E-state index in [9.17, 15) is 4.79 Å². The van der Waals surface area contributed by atoms with E-state index in [0.717, 1.165) is 5.56 Å². The summed E-state index contributed by atoms with van der Waals surface area (Å²) in [4.78, 5) is 14.1. The summed E-state index contributed by atoms with van der Waals surface area (Å²) in [5.41, 5.74) is 0.923. The SMILES string of the molecule is COCCN(Cc1ccoc1)C(=O)COc1ccccc1OC. The highest BCUT2D eigenvalue weighted by molar-refractivity contribution is 5.77.